The molecule has 102 heavy (non-hydrogen) atoms. The summed E-state index contributed by atoms with van der Waals surface area (Å²) in [6.45, 7) is -0.504. The third-order valence-electron chi connectivity index (χ3n) is 18.4. The summed E-state index contributed by atoms with van der Waals surface area (Å²) >= 11 is 0. The first-order valence-corrected chi connectivity index (χ1v) is 34.8. The summed E-state index contributed by atoms with van der Waals surface area (Å²) in [6.07, 6.45) is 0.221. The number of amides is 9. The highest BCUT2D eigenvalue weighted by Crippen LogP contribution is 2.16. The van der Waals surface area contributed by atoms with E-state index in [0.29, 0.717) is 57.8 Å². The first-order chi connectivity index (χ1) is 48.2. The average molecular weight is 1450 g/mol. The predicted molar refractivity (Wildman–Crippen MR) is 361 cm³/mol. The summed E-state index contributed by atoms with van der Waals surface area (Å²) in [7, 11) is 0. The zero-order chi connectivity index (χ0) is 75.8. The van der Waals surface area contributed by atoms with Gasteiger partial charge in [0.2, 0.25) is 53.2 Å². The van der Waals surface area contributed by atoms with Crippen molar-refractivity contribution in [1.29, 1.82) is 0 Å². The van der Waals surface area contributed by atoms with Crippen molar-refractivity contribution in [2.45, 2.75) is 133 Å². The molecule has 576 valence electrons. The molecule has 4 aliphatic rings. The maximum absolute atomic E-state index is 15.0. The number of nitrogens with two attached hydrogens (primary N) is 6. The molecule has 4 fully saturated rings. The first-order valence-electron chi connectivity index (χ1n) is 34.8. The normalized spacial score (nSPS) is 20.0. The van der Waals surface area contributed by atoms with Gasteiger partial charge in [0.15, 0.2) is 0 Å². The van der Waals surface area contributed by atoms with E-state index in [9.17, 15) is 103 Å². The number of aliphatic carboxylic acids is 6. The standard InChI is InChI=1S/C63H108N18O21/c64-43(34-52(85)86)58(97)76-13-7-1-4-10-70(16-19-79(31-28-76)61(100)46(67)37-55(91)92)40-49(82)73-22-24-74(50(83)41-71-11-5-2-8-14-77(59(98)44(65)35-53(87)88)29-32-80(20-17-71)62(101)47(68)38-56(93)94)26-27-75(25-23-73)51(84)42-72-12-6-3-9-15-78(60(99)45(66)36-54(89)90)30-33-81(21-18-72)63(102)48(69)39-57(95)96/h43-48H,1-42,64-69H2,(H,85,86)(H,87,88)(H,89,90)(H,91,92)(H,93,94)(H,95,96)/t43-,44-,45-,46-,47-,48-/m0/s1. The number of rotatable bonds is 24. The quantitative estimate of drug-likeness (QED) is 0.0427. The topological polar surface area (TPSA) is 572 Å². The minimum Gasteiger partial charge on any atom is -0.481 e. The van der Waals surface area contributed by atoms with Crippen LogP contribution in [0.25, 0.3) is 0 Å². The van der Waals surface area contributed by atoms with E-state index < -0.39 is 164 Å². The number of hydrogen-bond acceptors (Lipinski definition) is 24. The van der Waals surface area contributed by atoms with E-state index in [1.807, 2.05) is 14.7 Å². The molecule has 9 amide bonds. The number of carbonyl (C=O) groups is 15. The Kier molecular flexibility index (Phi) is 37.4. The van der Waals surface area contributed by atoms with Crippen molar-refractivity contribution in [3.05, 3.63) is 0 Å². The molecule has 39 heteroatoms. The Morgan fingerprint density at radius 1 is 0.206 bits per heavy atom. The van der Waals surface area contributed by atoms with Gasteiger partial charge in [-0.2, -0.15) is 0 Å². The number of hydrogen-bond donors (Lipinski definition) is 12. The van der Waals surface area contributed by atoms with Crippen LogP contribution in [0.2, 0.25) is 0 Å². The van der Waals surface area contributed by atoms with Crippen molar-refractivity contribution in [2.75, 3.05) is 177 Å². The molecule has 4 saturated heterocycles. The van der Waals surface area contributed by atoms with E-state index in [1.54, 1.807) is 0 Å². The van der Waals surface area contributed by atoms with Gasteiger partial charge in [-0.15, -0.1) is 0 Å². The van der Waals surface area contributed by atoms with Gasteiger partial charge in [0.25, 0.3) is 0 Å². The Labute approximate surface area is 592 Å². The number of carboxylic acid groups (broad SMARTS) is 6. The second kappa shape index (κ2) is 44.3. The van der Waals surface area contributed by atoms with E-state index in [1.165, 1.54) is 44.1 Å². The minimum atomic E-state index is -1.49. The molecule has 0 bridgehead atoms. The van der Waals surface area contributed by atoms with Crippen LogP contribution in [0.5, 0.6) is 0 Å². The fourth-order valence-electron chi connectivity index (χ4n) is 12.5. The average Bonchev–Trinajstić information content (AvgIpc) is 1.21. The van der Waals surface area contributed by atoms with Crippen LogP contribution in [0.15, 0.2) is 0 Å². The van der Waals surface area contributed by atoms with Gasteiger partial charge in [-0.25, -0.2) is 0 Å². The molecule has 0 aromatic carbocycles. The first kappa shape index (κ1) is 86.1. The minimum absolute atomic E-state index is 0.0351. The molecule has 0 saturated carbocycles. The van der Waals surface area contributed by atoms with Gasteiger partial charge >= 0.3 is 35.8 Å². The molecule has 4 rings (SSSR count). The molecule has 0 aromatic heterocycles. The lowest BCUT2D eigenvalue weighted by molar-refractivity contribution is -0.143. The van der Waals surface area contributed by atoms with Crippen molar-refractivity contribution in [3.63, 3.8) is 0 Å². The molecule has 0 aromatic rings. The molecule has 0 aliphatic carbocycles. The van der Waals surface area contributed by atoms with Crippen LogP contribution >= 0.6 is 0 Å². The smallest absolute Gasteiger partial charge is 0.305 e. The van der Waals surface area contributed by atoms with E-state index in [0.717, 1.165) is 0 Å². The van der Waals surface area contributed by atoms with Gasteiger partial charge in [0, 0.05) is 137 Å². The Morgan fingerprint density at radius 2 is 0.353 bits per heavy atom. The Morgan fingerprint density at radius 3 is 0.529 bits per heavy atom. The zero-order valence-corrected chi connectivity index (χ0v) is 58.3. The highest BCUT2D eigenvalue weighted by molar-refractivity contribution is 5.90. The molecule has 39 nitrogen and oxygen atoms in total. The molecule has 4 heterocycles. The van der Waals surface area contributed by atoms with Crippen molar-refractivity contribution < 1.29 is 103 Å². The second-order valence-corrected chi connectivity index (χ2v) is 26.3. The van der Waals surface area contributed by atoms with Crippen molar-refractivity contribution >= 4 is 89.0 Å². The molecule has 18 N–H and O–H groups in total. The third kappa shape index (κ3) is 30.7. The maximum Gasteiger partial charge on any atom is 0.305 e. The highest BCUT2D eigenvalue weighted by atomic mass is 16.4. The van der Waals surface area contributed by atoms with Crippen LogP contribution in [0.1, 0.15) is 96.3 Å². The van der Waals surface area contributed by atoms with Crippen LogP contribution in [0.3, 0.4) is 0 Å². The van der Waals surface area contributed by atoms with Gasteiger partial charge in [0.05, 0.1) is 94.4 Å². The molecule has 0 radical (unpaired) electrons. The van der Waals surface area contributed by atoms with Crippen LogP contribution < -0.4 is 34.4 Å². The summed E-state index contributed by atoms with van der Waals surface area (Å²) in [6, 6.07) is -8.59. The lowest BCUT2D eigenvalue weighted by Crippen LogP contribution is -2.53. The summed E-state index contributed by atoms with van der Waals surface area (Å²) < 4.78 is 0. The Hall–Kier alpha value is -8.31. The number of carbonyl (C=O) groups excluding carboxylic acids is 9. The fourth-order valence-corrected chi connectivity index (χ4v) is 12.5. The summed E-state index contributed by atoms with van der Waals surface area (Å²) in [5.41, 5.74) is 36.2. The zero-order valence-electron chi connectivity index (χ0n) is 58.3. The summed E-state index contributed by atoms with van der Waals surface area (Å²) in [5.74, 6) is -13.4. The Bertz CT molecular complexity index is 2570. The monoisotopic (exact) mass is 1450 g/mol. The van der Waals surface area contributed by atoms with E-state index in [2.05, 4.69) is 0 Å². The second-order valence-electron chi connectivity index (χ2n) is 26.3. The fraction of sp³-hybridized carbons (Fsp3) is 0.762. The number of nitrogens with zero attached hydrogens (tertiary/aromatic N) is 12. The number of carboxylic acids is 6. The van der Waals surface area contributed by atoms with E-state index >= 15 is 0 Å². The van der Waals surface area contributed by atoms with Crippen molar-refractivity contribution in [1.82, 2.24) is 58.8 Å². The van der Waals surface area contributed by atoms with Gasteiger partial charge in [0.1, 0.15) is 0 Å². The largest absolute Gasteiger partial charge is 0.481 e. The lowest BCUT2D eigenvalue weighted by atomic mass is 10.1. The van der Waals surface area contributed by atoms with Crippen LogP contribution in [0, 0.1) is 0 Å². The van der Waals surface area contributed by atoms with Crippen molar-refractivity contribution in [3.8, 4) is 0 Å². The van der Waals surface area contributed by atoms with E-state index in [4.69, 9.17) is 34.4 Å². The Balaban J connectivity index is 1.69. The predicted octanol–water partition coefficient (Wildman–Crippen LogP) is -7.27. The van der Waals surface area contributed by atoms with Gasteiger partial charge in [-0.1, -0.05) is 19.3 Å². The molecule has 0 spiro atoms. The molecule has 4 aliphatic heterocycles. The van der Waals surface area contributed by atoms with Gasteiger partial charge in [-0.3, -0.25) is 86.6 Å². The van der Waals surface area contributed by atoms with Gasteiger partial charge < -0.3 is 109 Å². The SMILES string of the molecule is N[C@@H](CC(=O)O)C(=O)N1CCCCCN(CC(=O)N2CCN(C(=O)CN3CCCCCN(C(=O)[C@@H](N)CC(=O)O)CCN(C(=O)[C@@H](N)CC(=O)O)CC3)CCN(C(=O)CN3CCCCCN(C(=O)[C@@H](N)CC(=O)O)CCN(C(=O)[C@@H](N)CC(=O)O)CC3)CC2)CCN(C(=O)[C@@H](N)CC(=O)O)CC1. The van der Waals surface area contributed by atoms with Crippen molar-refractivity contribution in [2.24, 2.45) is 34.4 Å². The van der Waals surface area contributed by atoms with Crippen LogP contribution in [0.4, 0.5) is 0 Å². The molecule has 0 unspecified atom stereocenters. The highest BCUT2D eigenvalue weighted by Gasteiger charge is 2.35. The summed E-state index contributed by atoms with van der Waals surface area (Å²) in [5, 5.41) is 56.7. The molecular formula is C63H108N18O21. The van der Waals surface area contributed by atoms with Crippen LogP contribution in [-0.4, -0.2) is 391 Å². The molecule has 6 atom stereocenters. The maximum atomic E-state index is 15.0. The van der Waals surface area contributed by atoms with Gasteiger partial charge in [-0.05, 0) is 58.2 Å². The summed E-state index contributed by atoms with van der Waals surface area (Å²) in [4.78, 5) is 214. The van der Waals surface area contributed by atoms with Crippen LogP contribution in [-0.2, 0) is 71.9 Å². The molecular weight excluding hydrogens is 1340 g/mol. The third-order valence-corrected chi connectivity index (χ3v) is 18.4. The lowest BCUT2D eigenvalue weighted by Gasteiger charge is -2.34. The van der Waals surface area contributed by atoms with E-state index in [-0.39, 0.29) is 177 Å².